The van der Waals surface area contributed by atoms with Crippen LogP contribution >= 0.6 is 0 Å². The van der Waals surface area contributed by atoms with E-state index in [-0.39, 0.29) is 0 Å². The van der Waals surface area contributed by atoms with Gasteiger partial charge in [-0.1, -0.05) is 36.4 Å². The zero-order chi connectivity index (χ0) is 16.5. The summed E-state index contributed by atoms with van der Waals surface area (Å²) >= 11 is 0. The van der Waals surface area contributed by atoms with Crippen LogP contribution in [0.2, 0.25) is 0 Å². The van der Waals surface area contributed by atoms with Gasteiger partial charge in [0.1, 0.15) is 0 Å². The van der Waals surface area contributed by atoms with Crippen LogP contribution in [0.25, 0.3) is 0 Å². The van der Waals surface area contributed by atoms with Crippen molar-refractivity contribution in [3.63, 3.8) is 0 Å². The molecular formula is C19H19N5. The van der Waals surface area contributed by atoms with Crippen molar-refractivity contribution in [1.29, 1.82) is 0 Å². The van der Waals surface area contributed by atoms with Crippen molar-refractivity contribution in [2.45, 2.75) is 19.4 Å². The van der Waals surface area contributed by atoms with Gasteiger partial charge in [-0.15, -0.1) is 5.10 Å². The minimum absolute atomic E-state index is 0.356. The van der Waals surface area contributed by atoms with E-state index in [0.29, 0.717) is 12.0 Å². The Bertz CT molecular complexity index is 849. The average Bonchev–Trinajstić information content (AvgIpc) is 2.97. The van der Waals surface area contributed by atoms with Crippen LogP contribution in [0.15, 0.2) is 60.8 Å². The van der Waals surface area contributed by atoms with Crippen LogP contribution in [0.4, 0.5) is 23.1 Å². The minimum Gasteiger partial charge on any atom is -0.322 e. The summed E-state index contributed by atoms with van der Waals surface area (Å²) in [6, 6.07) is 18.9. The minimum atomic E-state index is 0.356. The van der Waals surface area contributed by atoms with E-state index in [1.54, 1.807) is 6.20 Å². The van der Waals surface area contributed by atoms with E-state index in [0.717, 1.165) is 17.9 Å². The smallest absolute Gasteiger partial charge is 0.251 e. The lowest BCUT2D eigenvalue weighted by molar-refractivity contribution is 0.743. The van der Waals surface area contributed by atoms with Gasteiger partial charge in [-0.05, 0) is 37.1 Å². The maximum absolute atomic E-state index is 4.76. The summed E-state index contributed by atoms with van der Waals surface area (Å²) in [7, 11) is 1.96. The molecule has 1 atom stereocenters. The van der Waals surface area contributed by atoms with E-state index < -0.39 is 0 Å². The van der Waals surface area contributed by atoms with Crippen molar-refractivity contribution in [2.24, 2.45) is 0 Å². The first-order valence-corrected chi connectivity index (χ1v) is 8.09. The van der Waals surface area contributed by atoms with Crippen LogP contribution in [0.1, 0.15) is 12.5 Å². The number of hydrogen-bond acceptors (Lipinski definition) is 5. The van der Waals surface area contributed by atoms with Crippen LogP contribution in [0.3, 0.4) is 0 Å². The summed E-state index contributed by atoms with van der Waals surface area (Å²) in [5.41, 5.74) is 3.59. The molecular weight excluding hydrogens is 298 g/mol. The van der Waals surface area contributed by atoms with Crippen molar-refractivity contribution in [1.82, 2.24) is 15.2 Å². The van der Waals surface area contributed by atoms with Crippen LogP contribution in [-0.2, 0) is 6.42 Å². The van der Waals surface area contributed by atoms with Crippen LogP contribution in [0.5, 0.6) is 0 Å². The van der Waals surface area contributed by atoms with E-state index >= 15 is 0 Å². The third-order valence-electron chi connectivity index (χ3n) is 4.43. The molecule has 0 aliphatic carbocycles. The maximum Gasteiger partial charge on any atom is 0.251 e. The van der Waals surface area contributed by atoms with Crippen molar-refractivity contribution >= 4 is 23.1 Å². The summed E-state index contributed by atoms with van der Waals surface area (Å²) in [6.45, 7) is 2.21. The molecule has 120 valence electrons. The van der Waals surface area contributed by atoms with Crippen LogP contribution in [0, 0.1) is 0 Å². The number of benzene rings is 2. The van der Waals surface area contributed by atoms with Gasteiger partial charge < -0.3 is 9.80 Å². The second kappa shape index (κ2) is 5.92. The Balaban J connectivity index is 1.71. The number of nitrogens with zero attached hydrogens (tertiary/aromatic N) is 5. The van der Waals surface area contributed by atoms with Gasteiger partial charge in [0.25, 0.3) is 5.95 Å². The highest BCUT2D eigenvalue weighted by Gasteiger charge is 2.28. The molecule has 1 aromatic heterocycles. The second-order valence-corrected chi connectivity index (χ2v) is 6.06. The summed E-state index contributed by atoms with van der Waals surface area (Å²) < 4.78 is 0. The van der Waals surface area contributed by atoms with Gasteiger partial charge in [-0.2, -0.15) is 10.1 Å². The highest BCUT2D eigenvalue weighted by molar-refractivity contribution is 5.69. The van der Waals surface area contributed by atoms with Gasteiger partial charge >= 0.3 is 0 Å². The Morgan fingerprint density at radius 3 is 2.62 bits per heavy atom. The fraction of sp³-hybridized carbons (Fsp3) is 0.211. The fourth-order valence-electron chi connectivity index (χ4n) is 3.23. The number of rotatable bonds is 3. The lowest BCUT2D eigenvalue weighted by Gasteiger charge is -2.24. The zero-order valence-electron chi connectivity index (χ0n) is 13.8. The van der Waals surface area contributed by atoms with Crippen molar-refractivity contribution in [3.8, 4) is 0 Å². The molecule has 0 amide bonds. The topological polar surface area (TPSA) is 45.2 Å². The summed E-state index contributed by atoms with van der Waals surface area (Å²) in [6.07, 6.45) is 2.75. The summed E-state index contributed by atoms with van der Waals surface area (Å²) in [4.78, 5) is 8.95. The third kappa shape index (κ3) is 2.48. The van der Waals surface area contributed by atoms with E-state index in [1.807, 2.05) is 42.3 Å². The summed E-state index contributed by atoms with van der Waals surface area (Å²) in [5.74, 6) is 1.43. The standard InChI is InChI=1S/C19H19N5/c1-14-12-15-8-6-7-11-17(15)24(14)18-13-20-22-19(21-18)23(2)16-9-4-3-5-10-16/h3-11,13-14H,12H2,1-2H3. The molecule has 0 spiro atoms. The number of hydrogen-bond donors (Lipinski definition) is 0. The lowest BCUT2D eigenvalue weighted by atomic mass is 10.1. The number of fused-ring (bicyclic) bond motifs is 1. The molecule has 0 bridgehead atoms. The molecule has 5 heteroatoms. The Hall–Kier alpha value is -2.95. The molecule has 0 radical (unpaired) electrons. The molecule has 0 fully saturated rings. The number of anilines is 4. The van der Waals surface area contributed by atoms with E-state index in [1.165, 1.54) is 11.3 Å². The van der Waals surface area contributed by atoms with Crippen molar-refractivity contribution < 1.29 is 0 Å². The van der Waals surface area contributed by atoms with Gasteiger partial charge in [0.2, 0.25) is 0 Å². The van der Waals surface area contributed by atoms with Crippen molar-refractivity contribution in [3.05, 3.63) is 66.4 Å². The van der Waals surface area contributed by atoms with E-state index in [2.05, 4.69) is 46.3 Å². The predicted octanol–water partition coefficient (Wildman–Crippen LogP) is 3.72. The molecule has 2 heterocycles. The fourth-order valence-corrected chi connectivity index (χ4v) is 3.23. The molecule has 1 aliphatic rings. The van der Waals surface area contributed by atoms with Crippen LogP contribution < -0.4 is 9.80 Å². The lowest BCUT2D eigenvalue weighted by Crippen LogP contribution is -2.26. The van der Waals surface area contributed by atoms with E-state index in [4.69, 9.17) is 4.98 Å². The second-order valence-electron chi connectivity index (χ2n) is 6.06. The van der Waals surface area contributed by atoms with Crippen LogP contribution in [-0.4, -0.2) is 28.3 Å². The molecule has 2 aromatic carbocycles. The molecule has 1 aliphatic heterocycles. The normalized spacial score (nSPS) is 16.1. The predicted molar refractivity (Wildman–Crippen MR) is 96.1 cm³/mol. The molecule has 0 saturated heterocycles. The first-order chi connectivity index (χ1) is 11.7. The van der Waals surface area contributed by atoms with E-state index in [9.17, 15) is 0 Å². The van der Waals surface area contributed by atoms with Gasteiger partial charge in [0.05, 0.1) is 6.20 Å². The largest absolute Gasteiger partial charge is 0.322 e. The Kier molecular flexibility index (Phi) is 3.61. The zero-order valence-corrected chi connectivity index (χ0v) is 13.8. The van der Waals surface area contributed by atoms with Crippen molar-refractivity contribution in [2.75, 3.05) is 16.8 Å². The van der Waals surface area contributed by atoms with Gasteiger partial charge in [-0.3, -0.25) is 0 Å². The molecule has 0 saturated carbocycles. The quantitative estimate of drug-likeness (QED) is 0.736. The van der Waals surface area contributed by atoms with Gasteiger partial charge in [-0.25, -0.2) is 0 Å². The molecule has 1 unspecified atom stereocenters. The Morgan fingerprint density at radius 1 is 1.04 bits per heavy atom. The van der Waals surface area contributed by atoms with Gasteiger partial charge in [0.15, 0.2) is 5.82 Å². The number of aromatic nitrogens is 3. The monoisotopic (exact) mass is 317 g/mol. The Morgan fingerprint density at radius 2 is 1.79 bits per heavy atom. The first-order valence-electron chi connectivity index (χ1n) is 8.09. The molecule has 5 nitrogen and oxygen atoms in total. The third-order valence-corrected chi connectivity index (χ3v) is 4.43. The highest BCUT2D eigenvalue weighted by Crippen LogP contribution is 2.37. The highest BCUT2D eigenvalue weighted by atomic mass is 15.4. The van der Waals surface area contributed by atoms with Gasteiger partial charge in [0, 0.05) is 24.5 Å². The average molecular weight is 317 g/mol. The molecule has 0 N–H and O–H groups in total. The number of para-hydroxylation sites is 2. The SMILES string of the molecule is CC1Cc2ccccc2N1c1cnnc(N(C)c2ccccc2)n1. The Labute approximate surface area is 141 Å². The maximum atomic E-state index is 4.76. The molecule has 3 aromatic rings. The first kappa shape index (κ1) is 14.6. The molecule has 24 heavy (non-hydrogen) atoms. The molecule has 4 rings (SSSR count). The summed E-state index contributed by atoms with van der Waals surface area (Å²) in [5, 5.41) is 8.39.